The third kappa shape index (κ3) is 5.17. The van der Waals surface area contributed by atoms with Crippen molar-refractivity contribution >= 4 is 11.9 Å². The van der Waals surface area contributed by atoms with Gasteiger partial charge < -0.3 is 18.9 Å². The van der Waals surface area contributed by atoms with Crippen LogP contribution in [0.1, 0.15) is 12.8 Å². The van der Waals surface area contributed by atoms with Gasteiger partial charge in [0.15, 0.2) is 23.0 Å². The highest BCUT2D eigenvalue weighted by Gasteiger charge is 2.15. The van der Waals surface area contributed by atoms with Crippen molar-refractivity contribution in [2.45, 2.75) is 12.8 Å². The fraction of sp³-hybridized carbons (Fsp3) is 0.222. The predicted molar refractivity (Wildman–Crippen MR) is 86.4 cm³/mol. The second-order valence-electron chi connectivity index (χ2n) is 5.04. The largest absolute Gasteiger partial charge is 0.493 e. The van der Waals surface area contributed by atoms with Crippen LogP contribution in [-0.2, 0) is 9.59 Å². The molecule has 0 aliphatic rings. The molecule has 2 aromatic carbocycles. The maximum Gasteiger partial charge on any atom is 0.311 e. The van der Waals surface area contributed by atoms with Crippen LogP contribution in [0.3, 0.4) is 0 Å². The molecule has 0 fully saturated rings. The summed E-state index contributed by atoms with van der Waals surface area (Å²) in [5, 5.41) is 0. The number of carbonyl (C=O) groups excluding carboxylic acids is 2. The average molecular weight is 366 g/mol. The lowest BCUT2D eigenvalue weighted by atomic mass is 10.3. The van der Waals surface area contributed by atoms with Crippen molar-refractivity contribution in [3.8, 4) is 23.0 Å². The number of esters is 2. The minimum atomic E-state index is -0.724. The molecule has 0 N–H and O–H groups in total. The summed E-state index contributed by atoms with van der Waals surface area (Å²) in [5.41, 5.74) is 0. The number of carbonyl (C=O) groups is 2. The lowest BCUT2D eigenvalue weighted by Crippen LogP contribution is -2.14. The molecule has 138 valence electrons. The zero-order valence-corrected chi connectivity index (χ0v) is 14.1. The smallest absolute Gasteiger partial charge is 0.311 e. The van der Waals surface area contributed by atoms with Crippen LogP contribution in [-0.4, -0.2) is 26.2 Å². The van der Waals surface area contributed by atoms with Gasteiger partial charge >= 0.3 is 11.9 Å². The first-order chi connectivity index (χ1) is 12.4. The molecular formula is C18H16F2O6. The zero-order chi connectivity index (χ0) is 19.1. The summed E-state index contributed by atoms with van der Waals surface area (Å²) in [6.07, 6.45) is -0.550. The molecule has 0 bridgehead atoms. The van der Waals surface area contributed by atoms with E-state index in [0.29, 0.717) is 0 Å². The van der Waals surface area contributed by atoms with E-state index in [4.69, 9.17) is 18.9 Å². The fourth-order valence-electron chi connectivity index (χ4n) is 2.00. The van der Waals surface area contributed by atoms with E-state index < -0.39 is 23.6 Å². The Balaban J connectivity index is 1.90. The van der Waals surface area contributed by atoms with Crippen LogP contribution in [0.4, 0.5) is 8.78 Å². The van der Waals surface area contributed by atoms with E-state index in [2.05, 4.69) is 0 Å². The first-order valence-electron chi connectivity index (χ1n) is 7.51. The summed E-state index contributed by atoms with van der Waals surface area (Å²) in [6, 6.07) is 6.84. The highest BCUT2D eigenvalue weighted by molar-refractivity contribution is 5.80. The summed E-state index contributed by atoms with van der Waals surface area (Å²) in [4.78, 5) is 23.7. The number of methoxy groups -OCH3 is 2. The first-order valence-corrected chi connectivity index (χ1v) is 7.51. The molecule has 0 aromatic heterocycles. The molecule has 2 rings (SSSR count). The van der Waals surface area contributed by atoms with Crippen molar-refractivity contribution in [1.29, 1.82) is 0 Å². The Morgan fingerprint density at radius 2 is 1.12 bits per heavy atom. The van der Waals surface area contributed by atoms with E-state index >= 15 is 0 Å². The highest BCUT2D eigenvalue weighted by Crippen LogP contribution is 2.29. The van der Waals surface area contributed by atoms with Gasteiger partial charge in [0.25, 0.3) is 0 Å². The summed E-state index contributed by atoms with van der Waals surface area (Å²) >= 11 is 0. The molecule has 0 saturated carbocycles. The lowest BCUT2D eigenvalue weighted by molar-refractivity contribution is -0.140. The Morgan fingerprint density at radius 1 is 0.731 bits per heavy atom. The molecule has 0 radical (unpaired) electrons. The molecule has 0 aliphatic heterocycles. The molecule has 8 heteroatoms. The second-order valence-corrected chi connectivity index (χ2v) is 5.04. The number of rotatable bonds is 7. The number of ether oxygens (including phenoxy) is 4. The van der Waals surface area contributed by atoms with Crippen molar-refractivity contribution in [2.75, 3.05) is 14.2 Å². The lowest BCUT2D eigenvalue weighted by Gasteiger charge is -2.10. The Hall–Kier alpha value is -3.16. The van der Waals surface area contributed by atoms with Gasteiger partial charge in [0, 0.05) is 12.1 Å². The molecule has 0 amide bonds. The van der Waals surface area contributed by atoms with Crippen LogP contribution in [0, 0.1) is 11.6 Å². The number of benzene rings is 2. The van der Waals surface area contributed by atoms with Gasteiger partial charge in [-0.05, 0) is 24.3 Å². The van der Waals surface area contributed by atoms with Gasteiger partial charge in [-0.3, -0.25) is 9.59 Å². The van der Waals surface area contributed by atoms with E-state index in [1.807, 2.05) is 0 Å². The van der Waals surface area contributed by atoms with E-state index in [1.165, 1.54) is 26.4 Å². The molecule has 0 aliphatic carbocycles. The summed E-state index contributed by atoms with van der Waals surface area (Å²) < 4.78 is 46.1. The van der Waals surface area contributed by atoms with Crippen molar-refractivity contribution in [2.24, 2.45) is 0 Å². The molecule has 0 saturated heterocycles. The van der Waals surface area contributed by atoms with Crippen LogP contribution >= 0.6 is 0 Å². The Bertz CT molecular complexity index is 739. The van der Waals surface area contributed by atoms with Crippen molar-refractivity contribution in [3.05, 3.63) is 48.0 Å². The van der Waals surface area contributed by atoms with Gasteiger partial charge in [0.05, 0.1) is 27.1 Å². The molecule has 2 aromatic rings. The normalized spacial score (nSPS) is 10.2. The Labute approximate surface area is 148 Å². The Kier molecular flexibility index (Phi) is 6.48. The van der Waals surface area contributed by atoms with Crippen LogP contribution < -0.4 is 18.9 Å². The second kappa shape index (κ2) is 8.80. The summed E-state index contributed by atoms with van der Waals surface area (Å²) in [6.45, 7) is 0. The fourth-order valence-corrected chi connectivity index (χ4v) is 2.00. The number of hydrogen-bond donors (Lipinski definition) is 0. The van der Waals surface area contributed by atoms with E-state index in [9.17, 15) is 18.4 Å². The van der Waals surface area contributed by atoms with Gasteiger partial charge in [0.1, 0.15) is 11.6 Å². The van der Waals surface area contributed by atoms with Crippen LogP contribution in [0.25, 0.3) is 0 Å². The van der Waals surface area contributed by atoms with Gasteiger partial charge in [0.2, 0.25) is 0 Å². The summed E-state index contributed by atoms with van der Waals surface area (Å²) in [5.74, 6) is -2.36. The maximum atomic E-state index is 13.1. The molecule has 26 heavy (non-hydrogen) atoms. The molecule has 6 nitrogen and oxygen atoms in total. The van der Waals surface area contributed by atoms with Gasteiger partial charge in [-0.25, -0.2) is 8.78 Å². The molecule has 0 spiro atoms. The van der Waals surface area contributed by atoms with Gasteiger partial charge in [-0.2, -0.15) is 0 Å². The average Bonchev–Trinajstić information content (AvgIpc) is 2.62. The molecule has 0 heterocycles. The Morgan fingerprint density at radius 3 is 1.46 bits per heavy atom. The third-order valence-corrected chi connectivity index (χ3v) is 3.23. The third-order valence-electron chi connectivity index (χ3n) is 3.23. The highest BCUT2D eigenvalue weighted by atomic mass is 19.1. The molecule has 0 unspecified atom stereocenters. The summed E-state index contributed by atoms with van der Waals surface area (Å²) in [7, 11) is 2.61. The van der Waals surface area contributed by atoms with Gasteiger partial charge in [-0.15, -0.1) is 0 Å². The number of halogens is 2. The minimum absolute atomic E-state index is 0.0347. The predicted octanol–water partition coefficient (Wildman–Crippen LogP) is 3.27. The van der Waals surface area contributed by atoms with Crippen molar-refractivity contribution in [3.63, 3.8) is 0 Å². The maximum absolute atomic E-state index is 13.1. The van der Waals surface area contributed by atoms with Crippen LogP contribution in [0.5, 0.6) is 23.0 Å². The monoisotopic (exact) mass is 366 g/mol. The van der Waals surface area contributed by atoms with Crippen molar-refractivity contribution in [1.82, 2.24) is 0 Å². The van der Waals surface area contributed by atoms with Crippen molar-refractivity contribution < 1.29 is 37.3 Å². The first kappa shape index (κ1) is 19.2. The van der Waals surface area contributed by atoms with E-state index in [0.717, 1.165) is 24.3 Å². The van der Waals surface area contributed by atoms with Crippen LogP contribution in [0.15, 0.2) is 36.4 Å². The van der Waals surface area contributed by atoms with Gasteiger partial charge in [-0.1, -0.05) is 0 Å². The topological polar surface area (TPSA) is 71.1 Å². The minimum Gasteiger partial charge on any atom is -0.493 e. The SMILES string of the molecule is COc1cc(F)ccc1OC(=O)CCC(=O)Oc1ccc(F)cc1OC. The van der Waals surface area contributed by atoms with E-state index in [-0.39, 0.29) is 35.8 Å². The number of hydrogen-bond acceptors (Lipinski definition) is 6. The zero-order valence-electron chi connectivity index (χ0n) is 14.1. The molecule has 0 atom stereocenters. The molecular weight excluding hydrogens is 350 g/mol. The quantitative estimate of drug-likeness (QED) is 0.553. The van der Waals surface area contributed by atoms with Crippen LogP contribution in [0.2, 0.25) is 0 Å². The van der Waals surface area contributed by atoms with E-state index in [1.54, 1.807) is 0 Å². The standard InChI is InChI=1S/C18H16F2O6/c1-23-15-9-11(19)3-5-13(15)25-17(21)7-8-18(22)26-14-6-4-12(20)10-16(14)24-2/h3-6,9-10H,7-8H2,1-2H3.